The Bertz CT molecular complexity index is 628. The largest absolute Gasteiger partial charge is 0.440 e. The lowest BCUT2D eigenvalue weighted by molar-refractivity contribution is 0.545. The molecular weight excluding hydrogens is 232 g/mol. The van der Waals surface area contributed by atoms with Gasteiger partial charge in [-0.15, -0.1) is 11.3 Å². The van der Waals surface area contributed by atoms with Crippen LogP contribution in [0.2, 0.25) is 0 Å². The lowest BCUT2D eigenvalue weighted by Crippen LogP contribution is -1.94. The van der Waals surface area contributed by atoms with Crippen LogP contribution in [0.1, 0.15) is 16.3 Å². The molecular formula is C13H12N2OS. The number of thiophene rings is 1. The predicted molar refractivity (Wildman–Crippen MR) is 69.0 cm³/mol. The summed E-state index contributed by atoms with van der Waals surface area (Å²) in [4.78, 5) is 5.74. The maximum atomic E-state index is 5.70. The lowest BCUT2D eigenvalue weighted by atomic mass is 10.2. The SMILES string of the molecule is NCc1ccc2oc(Cc3cccs3)nc2c1. The van der Waals surface area contributed by atoms with E-state index in [0.717, 1.165) is 29.0 Å². The van der Waals surface area contributed by atoms with Crippen LogP contribution in [0.15, 0.2) is 40.1 Å². The van der Waals surface area contributed by atoms with Crippen molar-refractivity contribution in [3.05, 3.63) is 52.0 Å². The Hall–Kier alpha value is -1.65. The van der Waals surface area contributed by atoms with Crippen LogP contribution in [0.3, 0.4) is 0 Å². The Kier molecular flexibility index (Phi) is 2.66. The van der Waals surface area contributed by atoms with Gasteiger partial charge >= 0.3 is 0 Å². The van der Waals surface area contributed by atoms with E-state index in [-0.39, 0.29) is 0 Å². The predicted octanol–water partition coefficient (Wildman–Crippen LogP) is 2.94. The Morgan fingerprint density at radius 3 is 3.00 bits per heavy atom. The molecule has 0 bridgehead atoms. The fourth-order valence-corrected chi connectivity index (χ4v) is 2.48. The number of fused-ring (bicyclic) bond motifs is 1. The zero-order valence-corrected chi connectivity index (χ0v) is 10.0. The summed E-state index contributed by atoms with van der Waals surface area (Å²) >= 11 is 1.72. The molecule has 0 aliphatic heterocycles. The zero-order chi connectivity index (χ0) is 11.7. The molecule has 0 fully saturated rings. The molecule has 0 saturated carbocycles. The molecule has 1 aromatic carbocycles. The topological polar surface area (TPSA) is 52.0 Å². The first-order valence-corrected chi connectivity index (χ1v) is 6.34. The van der Waals surface area contributed by atoms with Gasteiger partial charge in [-0.05, 0) is 29.1 Å². The second-order valence-corrected chi connectivity index (χ2v) is 4.90. The summed E-state index contributed by atoms with van der Waals surface area (Å²) in [5, 5.41) is 2.06. The fourth-order valence-electron chi connectivity index (χ4n) is 1.79. The highest BCUT2D eigenvalue weighted by Crippen LogP contribution is 2.20. The molecule has 4 heteroatoms. The van der Waals surface area contributed by atoms with E-state index in [1.165, 1.54) is 4.88 Å². The summed E-state index contributed by atoms with van der Waals surface area (Å²) in [6, 6.07) is 10.0. The first-order chi connectivity index (χ1) is 8.35. The minimum absolute atomic E-state index is 0.531. The van der Waals surface area contributed by atoms with Crippen molar-refractivity contribution in [1.29, 1.82) is 0 Å². The van der Waals surface area contributed by atoms with Crippen LogP contribution in [-0.2, 0) is 13.0 Å². The van der Waals surface area contributed by atoms with E-state index >= 15 is 0 Å². The van der Waals surface area contributed by atoms with Gasteiger partial charge < -0.3 is 10.2 Å². The summed E-state index contributed by atoms with van der Waals surface area (Å²) in [6.45, 7) is 0.531. The molecule has 0 spiro atoms. The highest BCUT2D eigenvalue weighted by molar-refractivity contribution is 7.09. The fraction of sp³-hybridized carbons (Fsp3) is 0.154. The summed E-state index contributed by atoms with van der Waals surface area (Å²) in [7, 11) is 0. The molecule has 0 unspecified atom stereocenters. The maximum absolute atomic E-state index is 5.70. The van der Waals surface area contributed by atoms with Gasteiger partial charge in [0.1, 0.15) is 5.52 Å². The molecule has 0 radical (unpaired) electrons. The highest BCUT2D eigenvalue weighted by Gasteiger charge is 2.07. The number of hydrogen-bond acceptors (Lipinski definition) is 4. The summed E-state index contributed by atoms with van der Waals surface area (Å²) < 4.78 is 5.70. The number of aromatic nitrogens is 1. The standard InChI is InChI=1S/C13H12N2OS/c14-8-9-3-4-12-11(6-9)15-13(16-12)7-10-2-1-5-17-10/h1-6H,7-8,14H2. The van der Waals surface area contributed by atoms with Crippen LogP contribution in [0.25, 0.3) is 11.1 Å². The normalized spacial score (nSPS) is 11.1. The number of rotatable bonds is 3. The lowest BCUT2D eigenvalue weighted by Gasteiger charge is -1.92. The number of oxazole rings is 1. The van der Waals surface area contributed by atoms with Gasteiger partial charge in [0.25, 0.3) is 0 Å². The average Bonchev–Trinajstić information content (AvgIpc) is 2.96. The van der Waals surface area contributed by atoms with Crippen molar-refractivity contribution in [3.8, 4) is 0 Å². The third-order valence-corrected chi connectivity index (χ3v) is 3.51. The maximum Gasteiger partial charge on any atom is 0.200 e. The van der Waals surface area contributed by atoms with E-state index in [1.54, 1.807) is 11.3 Å². The molecule has 0 atom stereocenters. The molecule has 17 heavy (non-hydrogen) atoms. The summed E-state index contributed by atoms with van der Waals surface area (Å²) in [5.41, 5.74) is 8.39. The molecule has 3 nitrogen and oxygen atoms in total. The monoisotopic (exact) mass is 244 g/mol. The van der Waals surface area contributed by atoms with Gasteiger partial charge in [-0.3, -0.25) is 0 Å². The Labute approximate surface area is 103 Å². The van der Waals surface area contributed by atoms with Crippen LogP contribution >= 0.6 is 11.3 Å². The van der Waals surface area contributed by atoms with Crippen LogP contribution in [0.4, 0.5) is 0 Å². The number of nitrogens with zero attached hydrogens (tertiary/aromatic N) is 1. The van der Waals surface area contributed by atoms with Crippen LogP contribution in [-0.4, -0.2) is 4.98 Å². The van der Waals surface area contributed by atoms with Crippen molar-refractivity contribution in [2.24, 2.45) is 5.73 Å². The summed E-state index contributed by atoms with van der Waals surface area (Å²) in [6.07, 6.45) is 0.754. The number of nitrogens with two attached hydrogens (primary N) is 1. The molecule has 3 rings (SSSR count). The van der Waals surface area contributed by atoms with E-state index in [9.17, 15) is 0 Å². The van der Waals surface area contributed by atoms with Crippen molar-refractivity contribution in [1.82, 2.24) is 4.98 Å². The van der Waals surface area contributed by atoms with E-state index in [1.807, 2.05) is 24.3 Å². The first-order valence-electron chi connectivity index (χ1n) is 5.46. The van der Waals surface area contributed by atoms with E-state index < -0.39 is 0 Å². The van der Waals surface area contributed by atoms with Gasteiger partial charge in [0.2, 0.25) is 5.89 Å². The van der Waals surface area contributed by atoms with Gasteiger partial charge in [0.05, 0.1) is 6.42 Å². The molecule has 0 aliphatic rings. The third kappa shape index (κ3) is 2.09. The van der Waals surface area contributed by atoms with Gasteiger partial charge in [0, 0.05) is 11.4 Å². The second-order valence-electron chi connectivity index (χ2n) is 3.87. The quantitative estimate of drug-likeness (QED) is 0.770. The van der Waals surface area contributed by atoms with E-state index in [0.29, 0.717) is 6.54 Å². The van der Waals surface area contributed by atoms with Gasteiger partial charge in [0.15, 0.2) is 5.58 Å². The molecule has 86 valence electrons. The molecule has 0 aliphatic carbocycles. The molecule has 2 aromatic heterocycles. The van der Waals surface area contributed by atoms with Crippen molar-refractivity contribution in [2.45, 2.75) is 13.0 Å². The van der Waals surface area contributed by atoms with E-state index in [2.05, 4.69) is 16.4 Å². The average molecular weight is 244 g/mol. The van der Waals surface area contributed by atoms with Gasteiger partial charge in [-0.2, -0.15) is 0 Å². The minimum atomic E-state index is 0.531. The van der Waals surface area contributed by atoms with Gasteiger partial charge in [-0.25, -0.2) is 4.98 Å². The first kappa shape index (κ1) is 10.5. The smallest absolute Gasteiger partial charge is 0.200 e. The molecule has 0 amide bonds. The Balaban J connectivity index is 1.96. The zero-order valence-electron chi connectivity index (χ0n) is 9.22. The summed E-state index contributed by atoms with van der Waals surface area (Å²) in [5.74, 6) is 0.761. The molecule has 0 saturated heterocycles. The third-order valence-electron chi connectivity index (χ3n) is 2.64. The number of hydrogen-bond donors (Lipinski definition) is 1. The van der Waals surface area contributed by atoms with Crippen LogP contribution < -0.4 is 5.73 Å². The Morgan fingerprint density at radius 2 is 2.24 bits per heavy atom. The van der Waals surface area contributed by atoms with Crippen molar-refractivity contribution >= 4 is 22.4 Å². The van der Waals surface area contributed by atoms with Crippen molar-refractivity contribution in [2.75, 3.05) is 0 Å². The van der Waals surface area contributed by atoms with Crippen molar-refractivity contribution < 1.29 is 4.42 Å². The minimum Gasteiger partial charge on any atom is -0.440 e. The Morgan fingerprint density at radius 1 is 1.29 bits per heavy atom. The van der Waals surface area contributed by atoms with E-state index in [4.69, 9.17) is 10.2 Å². The second kappa shape index (κ2) is 4.31. The molecule has 3 aromatic rings. The molecule has 2 N–H and O–H groups in total. The molecule has 2 heterocycles. The van der Waals surface area contributed by atoms with Gasteiger partial charge in [-0.1, -0.05) is 12.1 Å². The van der Waals surface area contributed by atoms with Crippen LogP contribution in [0.5, 0.6) is 0 Å². The van der Waals surface area contributed by atoms with Crippen molar-refractivity contribution in [3.63, 3.8) is 0 Å². The highest BCUT2D eigenvalue weighted by atomic mass is 32.1. The number of benzene rings is 1. The van der Waals surface area contributed by atoms with Crippen LogP contribution in [0, 0.1) is 0 Å².